The van der Waals surface area contributed by atoms with Crippen LogP contribution in [-0.4, -0.2) is 22.7 Å². The molecule has 2 aromatic rings. The maximum absolute atomic E-state index is 12.1. The van der Waals surface area contributed by atoms with Crippen LogP contribution in [0.1, 0.15) is 17.5 Å². The maximum atomic E-state index is 12.1. The largest absolute Gasteiger partial charge is 0.463 e. The molecule has 0 aliphatic rings. The molecular weight excluding hydrogens is 250 g/mol. The van der Waals surface area contributed by atoms with E-state index in [0.29, 0.717) is 10.6 Å². The molecule has 2 rings (SSSR count). The molecule has 0 bridgehead atoms. The van der Waals surface area contributed by atoms with E-state index < -0.39 is 11.6 Å². The van der Waals surface area contributed by atoms with Crippen LogP contribution in [-0.2, 0) is 15.1 Å². The van der Waals surface area contributed by atoms with Crippen LogP contribution in [0, 0.1) is 0 Å². The number of thiazole rings is 1. The Kier molecular flexibility index (Phi) is 3.74. The number of carbonyl (C=O) groups excluding carboxylic acids is 1. The third kappa shape index (κ3) is 2.14. The van der Waals surface area contributed by atoms with Crippen molar-refractivity contribution in [2.24, 2.45) is 0 Å². The quantitative estimate of drug-likeness (QED) is 0.856. The second-order valence-corrected chi connectivity index (χ2v) is 4.53. The molecule has 1 heterocycles. The van der Waals surface area contributed by atoms with Crippen LogP contribution in [0.5, 0.6) is 0 Å². The van der Waals surface area contributed by atoms with Gasteiger partial charge in [0.05, 0.1) is 6.61 Å². The standard InChI is InChI=1S/C13H13NO3S/c1-2-17-12(15)13(16,11-14-8-9-18-11)10-6-4-3-5-7-10/h3-9,16H,2H2,1H3/t13-/m0/s1. The number of ether oxygens (including phenoxy) is 1. The van der Waals surface area contributed by atoms with Gasteiger partial charge in [-0.05, 0) is 6.92 Å². The summed E-state index contributed by atoms with van der Waals surface area (Å²) >= 11 is 1.22. The lowest BCUT2D eigenvalue weighted by Gasteiger charge is -2.23. The van der Waals surface area contributed by atoms with Crippen molar-refractivity contribution in [3.05, 3.63) is 52.5 Å². The molecule has 0 aliphatic carbocycles. The average molecular weight is 263 g/mol. The maximum Gasteiger partial charge on any atom is 0.350 e. The summed E-state index contributed by atoms with van der Waals surface area (Å²) in [6, 6.07) is 8.69. The lowest BCUT2D eigenvalue weighted by Crippen LogP contribution is -2.38. The predicted octanol–water partition coefficient (Wildman–Crippen LogP) is 1.94. The predicted molar refractivity (Wildman–Crippen MR) is 68.2 cm³/mol. The minimum atomic E-state index is -1.83. The number of nitrogens with zero attached hydrogens (tertiary/aromatic N) is 1. The number of aliphatic hydroxyl groups is 1. The van der Waals surface area contributed by atoms with Gasteiger partial charge in [0.1, 0.15) is 5.01 Å². The first-order valence-electron chi connectivity index (χ1n) is 5.54. The van der Waals surface area contributed by atoms with E-state index in [0.717, 1.165) is 0 Å². The summed E-state index contributed by atoms with van der Waals surface area (Å²) in [6.07, 6.45) is 1.55. The molecule has 0 unspecified atom stereocenters. The molecule has 0 fully saturated rings. The minimum absolute atomic E-state index is 0.208. The molecule has 94 valence electrons. The monoisotopic (exact) mass is 263 g/mol. The van der Waals surface area contributed by atoms with E-state index in [-0.39, 0.29) is 6.61 Å². The summed E-state index contributed by atoms with van der Waals surface area (Å²) in [7, 11) is 0. The summed E-state index contributed by atoms with van der Waals surface area (Å²) in [5.41, 5.74) is -1.37. The van der Waals surface area contributed by atoms with E-state index >= 15 is 0 Å². The molecule has 0 radical (unpaired) electrons. The van der Waals surface area contributed by atoms with Gasteiger partial charge in [-0.25, -0.2) is 9.78 Å². The SMILES string of the molecule is CCOC(=O)[C@](O)(c1ccccc1)c1nccs1. The third-order valence-corrected chi connectivity index (χ3v) is 3.39. The normalized spacial score (nSPS) is 13.9. The highest BCUT2D eigenvalue weighted by Crippen LogP contribution is 2.32. The Morgan fingerprint density at radius 2 is 2.17 bits per heavy atom. The minimum Gasteiger partial charge on any atom is -0.463 e. The second kappa shape index (κ2) is 5.29. The van der Waals surface area contributed by atoms with Crippen molar-refractivity contribution >= 4 is 17.3 Å². The van der Waals surface area contributed by atoms with Gasteiger partial charge in [0.2, 0.25) is 5.60 Å². The van der Waals surface area contributed by atoms with Crippen molar-refractivity contribution in [3.8, 4) is 0 Å². The fourth-order valence-electron chi connectivity index (χ4n) is 1.65. The van der Waals surface area contributed by atoms with Gasteiger partial charge < -0.3 is 9.84 Å². The van der Waals surface area contributed by atoms with Gasteiger partial charge in [-0.2, -0.15) is 0 Å². The molecule has 18 heavy (non-hydrogen) atoms. The van der Waals surface area contributed by atoms with Crippen molar-refractivity contribution in [3.63, 3.8) is 0 Å². The van der Waals surface area contributed by atoms with Gasteiger partial charge in [-0.3, -0.25) is 0 Å². The molecule has 0 aliphatic heterocycles. The van der Waals surface area contributed by atoms with Crippen molar-refractivity contribution in [1.29, 1.82) is 0 Å². The molecule has 0 saturated carbocycles. The summed E-state index contributed by atoms with van der Waals surface area (Å²) in [4.78, 5) is 16.1. The van der Waals surface area contributed by atoms with Crippen LogP contribution >= 0.6 is 11.3 Å². The molecule has 4 nitrogen and oxygen atoms in total. The smallest absolute Gasteiger partial charge is 0.350 e. The number of esters is 1. The Labute approximate surface area is 109 Å². The van der Waals surface area contributed by atoms with E-state index in [4.69, 9.17) is 4.74 Å². The van der Waals surface area contributed by atoms with Crippen LogP contribution in [0.25, 0.3) is 0 Å². The molecule has 5 heteroatoms. The first-order chi connectivity index (χ1) is 8.69. The van der Waals surface area contributed by atoms with Crippen LogP contribution in [0.2, 0.25) is 0 Å². The number of hydrogen-bond donors (Lipinski definition) is 1. The Hall–Kier alpha value is -1.72. The average Bonchev–Trinajstić information content (AvgIpc) is 2.93. The van der Waals surface area contributed by atoms with E-state index in [9.17, 15) is 9.90 Å². The van der Waals surface area contributed by atoms with E-state index in [1.165, 1.54) is 11.3 Å². The highest BCUT2D eigenvalue weighted by atomic mass is 32.1. The lowest BCUT2D eigenvalue weighted by atomic mass is 9.94. The van der Waals surface area contributed by atoms with Gasteiger partial charge in [0.15, 0.2) is 0 Å². The van der Waals surface area contributed by atoms with Crippen molar-refractivity contribution in [2.45, 2.75) is 12.5 Å². The zero-order chi connectivity index (χ0) is 13.0. The summed E-state index contributed by atoms with van der Waals surface area (Å²) in [6.45, 7) is 1.91. The number of carbonyl (C=O) groups is 1. The molecule has 1 N–H and O–H groups in total. The fourth-order valence-corrected chi connectivity index (χ4v) is 2.39. The molecular formula is C13H13NO3S. The molecule has 1 aromatic carbocycles. The van der Waals surface area contributed by atoms with Crippen molar-refractivity contribution in [1.82, 2.24) is 4.98 Å². The Bertz CT molecular complexity index is 512. The highest BCUT2D eigenvalue weighted by molar-refractivity contribution is 7.09. The summed E-state index contributed by atoms with van der Waals surface area (Å²) < 4.78 is 4.96. The zero-order valence-electron chi connectivity index (χ0n) is 9.87. The first kappa shape index (κ1) is 12.7. The van der Waals surface area contributed by atoms with Gasteiger partial charge in [0.25, 0.3) is 0 Å². The lowest BCUT2D eigenvalue weighted by molar-refractivity contribution is -0.161. The van der Waals surface area contributed by atoms with Gasteiger partial charge in [-0.1, -0.05) is 30.3 Å². The van der Waals surface area contributed by atoms with Gasteiger partial charge in [0, 0.05) is 17.1 Å². The Morgan fingerprint density at radius 3 is 2.72 bits per heavy atom. The van der Waals surface area contributed by atoms with E-state index in [2.05, 4.69) is 4.98 Å². The molecule has 0 spiro atoms. The van der Waals surface area contributed by atoms with Crippen LogP contribution in [0.4, 0.5) is 0 Å². The van der Waals surface area contributed by atoms with E-state index in [1.807, 2.05) is 6.07 Å². The number of rotatable bonds is 4. The highest BCUT2D eigenvalue weighted by Gasteiger charge is 2.43. The summed E-state index contributed by atoms with van der Waals surface area (Å²) in [5, 5.41) is 12.7. The van der Waals surface area contributed by atoms with Crippen molar-refractivity contribution < 1.29 is 14.6 Å². The Balaban J connectivity index is 2.50. The van der Waals surface area contributed by atoms with Gasteiger partial charge >= 0.3 is 5.97 Å². The van der Waals surface area contributed by atoms with Gasteiger partial charge in [-0.15, -0.1) is 11.3 Å². The van der Waals surface area contributed by atoms with Crippen LogP contribution in [0.15, 0.2) is 41.9 Å². The number of hydrogen-bond acceptors (Lipinski definition) is 5. The first-order valence-corrected chi connectivity index (χ1v) is 6.42. The summed E-state index contributed by atoms with van der Waals surface area (Å²) in [5.74, 6) is -0.703. The van der Waals surface area contributed by atoms with E-state index in [1.54, 1.807) is 42.8 Å². The third-order valence-electron chi connectivity index (χ3n) is 2.50. The molecule has 0 amide bonds. The zero-order valence-corrected chi connectivity index (χ0v) is 10.7. The fraction of sp³-hybridized carbons (Fsp3) is 0.231. The molecule has 1 aromatic heterocycles. The topological polar surface area (TPSA) is 59.4 Å². The van der Waals surface area contributed by atoms with Crippen LogP contribution < -0.4 is 0 Å². The second-order valence-electron chi connectivity index (χ2n) is 3.63. The van der Waals surface area contributed by atoms with Crippen LogP contribution in [0.3, 0.4) is 0 Å². The number of benzene rings is 1. The number of aromatic nitrogens is 1. The van der Waals surface area contributed by atoms with Crippen molar-refractivity contribution in [2.75, 3.05) is 6.61 Å². The molecule has 1 atom stereocenters. The molecule has 0 saturated heterocycles. The Morgan fingerprint density at radius 1 is 1.44 bits per heavy atom.